The monoisotopic (exact) mass is 293 g/mol. The lowest BCUT2D eigenvalue weighted by Gasteiger charge is -2.24. The molecule has 116 valence electrons. The van der Waals surface area contributed by atoms with Crippen LogP contribution in [0.3, 0.4) is 0 Å². The van der Waals surface area contributed by atoms with E-state index in [9.17, 15) is 14.7 Å². The Bertz CT molecular complexity index is 549. The highest BCUT2D eigenvalue weighted by Gasteiger charge is 2.23. The van der Waals surface area contributed by atoms with E-state index in [1.54, 1.807) is 26.0 Å². The molecule has 1 rings (SSSR count). The lowest BCUT2D eigenvalue weighted by Crippen LogP contribution is -2.35. The zero-order chi connectivity index (χ0) is 16.2. The molecular formula is C16H23NO4. The zero-order valence-corrected chi connectivity index (χ0v) is 13.0. The van der Waals surface area contributed by atoms with Gasteiger partial charge in [0.25, 0.3) is 5.91 Å². The summed E-state index contributed by atoms with van der Waals surface area (Å²) in [7, 11) is 0. The molecule has 5 heteroatoms. The number of nitrogens with one attached hydrogen (secondary N) is 1. The van der Waals surface area contributed by atoms with Gasteiger partial charge in [0.1, 0.15) is 0 Å². The van der Waals surface area contributed by atoms with Gasteiger partial charge in [0.15, 0.2) is 0 Å². The fraction of sp³-hybridized carbons (Fsp3) is 0.500. The molecule has 0 aliphatic rings. The maximum Gasteiger partial charge on any atom is 0.336 e. The SMILES string of the molecule is Cc1ccc(C)c(C(=O)NCC(C)(C)CCO)c1C(=O)O. The molecule has 0 radical (unpaired) electrons. The predicted octanol–water partition coefficient (Wildman–Crippen LogP) is 2.14. The van der Waals surface area contributed by atoms with E-state index >= 15 is 0 Å². The van der Waals surface area contributed by atoms with Gasteiger partial charge in [-0.25, -0.2) is 4.79 Å². The number of rotatable bonds is 6. The van der Waals surface area contributed by atoms with Gasteiger partial charge in [-0.05, 0) is 36.8 Å². The third-order valence-electron chi connectivity index (χ3n) is 3.58. The zero-order valence-electron chi connectivity index (χ0n) is 13.0. The van der Waals surface area contributed by atoms with Gasteiger partial charge in [-0.1, -0.05) is 26.0 Å². The number of amides is 1. The smallest absolute Gasteiger partial charge is 0.336 e. The van der Waals surface area contributed by atoms with E-state index in [1.165, 1.54) is 0 Å². The summed E-state index contributed by atoms with van der Waals surface area (Å²) in [4.78, 5) is 23.7. The van der Waals surface area contributed by atoms with Gasteiger partial charge < -0.3 is 15.5 Å². The summed E-state index contributed by atoms with van der Waals surface area (Å²) in [5.74, 6) is -1.49. The molecule has 0 unspecified atom stereocenters. The number of carboxylic acids is 1. The van der Waals surface area contributed by atoms with Gasteiger partial charge in [0.2, 0.25) is 0 Å². The maximum atomic E-state index is 12.4. The molecule has 3 N–H and O–H groups in total. The molecule has 0 bridgehead atoms. The molecule has 0 fully saturated rings. The van der Waals surface area contributed by atoms with Crippen molar-refractivity contribution in [2.75, 3.05) is 13.2 Å². The van der Waals surface area contributed by atoms with Gasteiger partial charge >= 0.3 is 5.97 Å². The van der Waals surface area contributed by atoms with Crippen molar-refractivity contribution < 1.29 is 19.8 Å². The second-order valence-electron chi connectivity index (χ2n) is 6.08. The van der Waals surface area contributed by atoms with Gasteiger partial charge in [0, 0.05) is 13.2 Å². The third kappa shape index (κ3) is 4.29. The minimum atomic E-state index is -1.10. The number of aliphatic hydroxyl groups excluding tert-OH is 1. The van der Waals surface area contributed by atoms with Crippen LogP contribution in [0.1, 0.15) is 52.1 Å². The number of hydrogen-bond donors (Lipinski definition) is 3. The van der Waals surface area contributed by atoms with Crippen LogP contribution in [0.15, 0.2) is 12.1 Å². The number of hydrogen-bond acceptors (Lipinski definition) is 3. The molecule has 0 aliphatic carbocycles. The van der Waals surface area contributed by atoms with Crippen molar-refractivity contribution in [3.05, 3.63) is 34.4 Å². The molecule has 0 heterocycles. The first kappa shape index (κ1) is 17.2. The molecule has 1 aromatic carbocycles. The summed E-state index contributed by atoms with van der Waals surface area (Å²) >= 11 is 0. The van der Waals surface area contributed by atoms with Crippen LogP contribution < -0.4 is 5.32 Å². The number of aryl methyl sites for hydroxylation is 2. The Labute approximate surface area is 125 Å². The van der Waals surface area contributed by atoms with E-state index < -0.39 is 5.97 Å². The van der Waals surface area contributed by atoms with Gasteiger partial charge in [0.05, 0.1) is 11.1 Å². The number of aliphatic hydroxyl groups is 1. The number of aromatic carboxylic acids is 1. The summed E-state index contributed by atoms with van der Waals surface area (Å²) in [5, 5.41) is 21.1. The van der Waals surface area contributed by atoms with Crippen LogP contribution in [0.25, 0.3) is 0 Å². The summed E-state index contributed by atoms with van der Waals surface area (Å²) in [5.41, 5.74) is 1.21. The van der Waals surface area contributed by atoms with Crippen LogP contribution >= 0.6 is 0 Å². The summed E-state index contributed by atoms with van der Waals surface area (Å²) in [6.07, 6.45) is 0.561. The van der Waals surface area contributed by atoms with E-state index in [0.717, 1.165) is 0 Å². The van der Waals surface area contributed by atoms with Gasteiger partial charge in [-0.15, -0.1) is 0 Å². The van der Waals surface area contributed by atoms with Crippen LogP contribution in [-0.4, -0.2) is 35.2 Å². The van der Waals surface area contributed by atoms with Crippen LogP contribution in [-0.2, 0) is 0 Å². The first-order valence-electron chi connectivity index (χ1n) is 6.92. The fourth-order valence-electron chi connectivity index (χ4n) is 2.18. The summed E-state index contributed by atoms with van der Waals surface area (Å²) < 4.78 is 0. The molecule has 0 atom stereocenters. The Hall–Kier alpha value is -1.88. The second kappa shape index (κ2) is 6.72. The predicted molar refractivity (Wildman–Crippen MR) is 80.7 cm³/mol. The molecule has 0 aliphatic heterocycles. The number of carbonyl (C=O) groups is 2. The Morgan fingerprint density at radius 2 is 1.67 bits per heavy atom. The minimum absolute atomic E-state index is 0.0483. The molecule has 21 heavy (non-hydrogen) atoms. The van der Waals surface area contributed by atoms with Crippen molar-refractivity contribution in [2.24, 2.45) is 5.41 Å². The molecule has 0 spiro atoms. The van der Waals surface area contributed by atoms with Gasteiger partial charge in [-0.3, -0.25) is 4.79 Å². The molecule has 0 aromatic heterocycles. The normalized spacial score (nSPS) is 11.3. The molecular weight excluding hydrogens is 270 g/mol. The third-order valence-corrected chi connectivity index (χ3v) is 3.58. The number of carbonyl (C=O) groups excluding carboxylic acids is 1. The minimum Gasteiger partial charge on any atom is -0.478 e. The van der Waals surface area contributed by atoms with Crippen molar-refractivity contribution in [3.8, 4) is 0 Å². The van der Waals surface area contributed by atoms with E-state index in [1.807, 2.05) is 13.8 Å². The lowest BCUT2D eigenvalue weighted by atomic mass is 9.89. The Morgan fingerprint density at radius 3 is 2.14 bits per heavy atom. The average molecular weight is 293 g/mol. The highest BCUT2D eigenvalue weighted by molar-refractivity contribution is 6.06. The lowest BCUT2D eigenvalue weighted by molar-refractivity contribution is 0.0689. The highest BCUT2D eigenvalue weighted by atomic mass is 16.4. The molecule has 5 nitrogen and oxygen atoms in total. The van der Waals surface area contributed by atoms with E-state index in [4.69, 9.17) is 5.11 Å². The molecule has 1 amide bonds. The first-order chi connectivity index (χ1) is 9.69. The first-order valence-corrected chi connectivity index (χ1v) is 6.92. The van der Waals surface area contributed by atoms with Crippen LogP contribution in [0.4, 0.5) is 0 Å². The second-order valence-corrected chi connectivity index (χ2v) is 6.08. The topological polar surface area (TPSA) is 86.6 Å². The standard InChI is InChI=1S/C16H23NO4/c1-10-5-6-11(2)13(15(20)21)12(10)14(19)17-9-16(3,4)7-8-18/h5-6,18H,7-9H2,1-4H3,(H,17,19)(H,20,21). The largest absolute Gasteiger partial charge is 0.478 e. The Morgan fingerprint density at radius 1 is 1.14 bits per heavy atom. The van der Waals surface area contributed by atoms with Crippen LogP contribution in [0, 0.1) is 19.3 Å². The molecule has 0 saturated heterocycles. The molecule has 0 saturated carbocycles. The fourth-order valence-corrected chi connectivity index (χ4v) is 2.18. The highest BCUT2D eigenvalue weighted by Crippen LogP contribution is 2.21. The Balaban J connectivity index is 3.03. The van der Waals surface area contributed by atoms with Crippen molar-refractivity contribution in [1.82, 2.24) is 5.32 Å². The van der Waals surface area contributed by atoms with E-state index in [2.05, 4.69) is 5.32 Å². The summed E-state index contributed by atoms with van der Waals surface area (Å²) in [6.45, 7) is 7.69. The summed E-state index contributed by atoms with van der Waals surface area (Å²) in [6, 6.07) is 3.45. The van der Waals surface area contributed by atoms with Crippen LogP contribution in [0.5, 0.6) is 0 Å². The number of benzene rings is 1. The molecule has 1 aromatic rings. The van der Waals surface area contributed by atoms with Crippen molar-refractivity contribution in [3.63, 3.8) is 0 Å². The van der Waals surface area contributed by atoms with Crippen LogP contribution in [0.2, 0.25) is 0 Å². The van der Waals surface area contributed by atoms with E-state index in [-0.39, 0.29) is 29.1 Å². The van der Waals surface area contributed by atoms with Gasteiger partial charge in [-0.2, -0.15) is 0 Å². The van der Waals surface area contributed by atoms with Crippen molar-refractivity contribution >= 4 is 11.9 Å². The van der Waals surface area contributed by atoms with Crippen molar-refractivity contribution in [2.45, 2.75) is 34.1 Å². The van der Waals surface area contributed by atoms with E-state index in [0.29, 0.717) is 24.1 Å². The maximum absolute atomic E-state index is 12.4. The Kier molecular flexibility index (Phi) is 5.49. The quantitative estimate of drug-likeness (QED) is 0.750. The average Bonchev–Trinajstić information content (AvgIpc) is 2.38. The number of carboxylic acid groups (broad SMARTS) is 1. The van der Waals surface area contributed by atoms with Crippen molar-refractivity contribution in [1.29, 1.82) is 0 Å².